The minimum atomic E-state index is -0.188. The Morgan fingerprint density at radius 1 is 0.966 bits per heavy atom. The van der Waals surface area contributed by atoms with E-state index in [1.165, 1.54) is 0 Å². The molecule has 0 atom stereocenters. The fourth-order valence-electron chi connectivity index (χ4n) is 2.83. The SMILES string of the molecule is Cc1ccc(CNC(=O)c2cccc(Nc3ncc(-c4ccc(C)o4)cn3)c2)o1. The molecule has 146 valence electrons. The van der Waals surface area contributed by atoms with E-state index in [-0.39, 0.29) is 5.91 Å². The largest absolute Gasteiger partial charge is 0.465 e. The second-order valence-electron chi connectivity index (χ2n) is 6.61. The van der Waals surface area contributed by atoms with Gasteiger partial charge in [-0.05, 0) is 56.3 Å². The number of aryl methyl sites for hydroxylation is 2. The van der Waals surface area contributed by atoms with Gasteiger partial charge in [-0.2, -0.15) is 0 Å². The lowest BCUT2D eigenvalue weighted by molar-refractivity contribution is 0.0948. The number of nitrogens with one attached hydrogen (secondary N) is 2. The minimum Gasteiger partial charge on any atom is -0.465 e. The first-order chi connectivity index (χ1) is 14.1. The van der Waals surface area contributed by atoms with Crippen molar-refractivity contribution in [2.75, 3.05) is 5.32 Å². The van der Waals surface area contributed by atoms with Crippen LogP contribution in [-0.2, 0) is 6.54 Å². The van der Waals surface area contributed by atoms with Gasteiger partial charge in [0.2, 0.25) is 5.95 Å². The molecule has 1 aromatic carbocycles. The average Bonchev–Trinajstić information content (AvgIpc) is 3.35. The summed E-state index contributed by atoms with van der Waals surface area (Å²) in [6.45, 7) is 4.09. The van der Waals surface area contributed by atoms with Gasteiger partial charge in [0.1, 0.15) is 23.0 Å². The van der Waals surface area contributed by atoms with Gasteiger partial charge in [-0.3, -0.25) is 4.79 Å². The molecule has 29 heavy (non-hydrogen) atoms. The maximum Gasteiger partial charge on any atom is 0.251 e. The first-order valence-electron chi connectivity index (χ1n) is 9.16. The molecule has 0 aliphatic carbocycles. The Morgan fingerprint density at radius 3 is 2.41 bits per heavy atom. The standard InChI is InChI=1S/C22H20N4O3/c1-14-6-8-19(28-14)13-23-21(27)16-4-3-5-18(10-16)26-22-24-11-17(12-25-22)20-9-7-15(2)29-20/h3-12H,13H2,1-2H3,(H,23,27)(H,24,25,26). The Balaban J connectivity index is 1.41. The lowest BCUT2D eigenvalue weighted by atomic mass is 10.2. The van der Waals surface area contributed by atoms with Crippen LogP contribution in [0.5, 0.6) is 0 Å². The third-order valence-corrected chi connectivity index (χ3v) is 4.28. The first kappa shape index (κ1) is 18.5. The lowest BCUT2D eigenvalue weighted by Crippen LogP contribution is -2.22. The van der Waals surface area contributed by atoms with Gasteiger partial charge in [-0.1, -0.05) is 6.07 Å². The number of furan rings is 2. The summed E-state index contributed by atoms with van der Waals surface area (Å²) < 4.78 is 11.0. The molecule has 0 aliphatic rings. The summed E-state index contributed by atoms with van der Waals surface area (Å²) in [6.07, 6.45) is 3.38. The molecule has 0 unspecified atom stereocenters. The number of amides is 1. The molecule has 0 saturated heterocycles. The van der Waals surface area contributed by atoms with Crippen LogP contribution in [0.2, 0.25) is 0 Å². The molecular formula is C22H20N4O3. The highest BCUT2D eigenvalue weighted by molar-refractivity contribution is 5.95. The zero-order chi connectivity index (χ0) is 20.2. The molecule has 3 heterocycles. The van der Waals surface area contributed by atoms with E-state index in [1.54, 1.807) is 30.6 Å². The number of hydrogen-bond donors (Lipinski definition) is 2. The Kier molecular flexibility index (Phi) is 5.11. The number of carbonyl (C=O) groups is 1. The predicted octanol–water partition coefficient (Wildman–Crippen LogP) is 4.62. The van der Waals surface area contributed by atoms with Crippen molar-refractivity contribution in [2.45, 2.75) is 20.4 Å². The number of hydrogen-bond acceptors (Lipinski definition) is 6. The molecule has 0 saturated carbocycles. The minimum absolute atomic E-state index is 0.188. The van der Waals surface area contributed by atoms with E-state index < -0.39 is 0 Å². The van der Waals surface area contributed by atoms with Gasteiger partial charge in [0.25, 0.3) is 5.91 Å². The van der Waals surface area contributed by atoms with Crippen LogP contribution in [0, 0.1) is 13.8 Å². The van der Waals surface area contributed by atoms with Gasteiger partial charge >= 0.3 is 0 Å². The van der Waals surface area contributed by atoms with E-state index in [9.17, 15) is 4.79 Å². The quantitative estimate of drug-likeness (QED) is 0.501. The molecule has 0 radical (unpaired) electrons. The number of carbonyl (C=O) groups excluding carboxylic acids is 1. The number of nitrogens with zero attached hydrogens (tertiary/aromatic N) is 2. The van der Waals surface area contributed by atoms with Crippen molar-refractivity contribution in [3.63, 3.8) is 0 Å². The highest BCUT2D eigenvalue weighted by Crippen LogP contribution is 2.22. The molecule has 0 bridgehead atoms. The predicted molar refractivity (Wildman–Crippen MR) is 109 cm³/mol. The van der Waals surface area contributed by atoms with E-state index in [0.29, 0.717) is 29.5 Å². The molecule has 4 rings (SSSR count). The van der Waals surface area contributed by atoms with Crippen molar-refractivity contribution >= 4 is 17.5 Å². The van der Waals surface area contributed by atoms with E-state index in [0.717, 1.165) is 22.8 Å². The van der Waals surface area contributed by atoms with E-state index in [2.05, 4.69) is 20.6 Å². The summed E-state index contributed by atoms with van der Waals surface area (Å²) in [5, 5.41) is 5.95. The van der Waals surface area contributed by atoms with Crippen LogP contribution in [0.4, 0.5) is 11.6 Å². The van der Waals surface area contributed by atoms with Crippen LogP contribution < -0.4 is 10.6 Å². The second-order valence-corrected chi connectivity index (χ2v) is 6.61. The molecule has 0 spiro atoms. The van der Waals surface area contributed by atoms with E-state index in [4.69, 9.17) is 8.83 Å². The van der Waals surface area contributed by atoms with Crippen molar-refractivity contribution in [1.29, 1.82) is 0 Å². The third-order valence-electron chi connectivity index (χ3n) is 4.28. The topological polar surface area (TPSA) is 93.2 Å². The maximum absolute atomic E-state index is 12.4. The number of rotatable bonds is 6. The monoisotopic (exact) mass is 388 g/mol. The second kappa shape index (κ2) is 8.02. The van der Waals surface area contributed by atoms with Crippen molar-refractivity contribution in [1.82, 2.24) is 15.3 Å². The van der Waals surface area contributed by atoms with Crippen molar-refractivity contribution in [3.05, 3.63) is 83.8 Å². The number of anilines is 2. The molecule has 0 fully saturated rings. The zero-order valence-electron chi connectivity index (χ0n) is 16.1. The summed E-state index contributed by atoms with van der Waals surface area (Å²) in [5.74, 6) is 3.32. The summed E-state index contributed by atoms with van der Waals surface area (Å²) in [5.41, 5.74) is 2.04. The summed E-state index contributed by atoms with van der Waals surface area (Å²) in [6, 6.07) is 14.6. The van der Waals surface area contributed by atoms with Gasteiger partial charge in [0.15, 0.2) is 0 Å². The molecule has 4 aromatic rings. The molecule has 7 heteroatoms. The molecular weight excluding hydrogens is 368 g/mol. The molecule has 0 aliphatic heterocycles. The van der Waals surface area contributed by atoms with Gasteiger partial charge in [0, 0.05) is 23.6 Å². The fourth-order valence-corrected chi connectivity index (χ4v) is 2.83. The van der Waals surface area contributed by atoms with Gasteiger partial charge in [0.05, 0.1) is 12.1 Å². The molecule has 7 nitrogen and oxygen atoms in total. The van der Waals surface area contributed by atoms with Crippen molar-refractivity contribution in [3.8, 4) is 11.3 Å². The van der Waals surface area contributed by atoms with Crippen LogP contribution in [0.25, 0.3) is 11.3 Å². The molecule has 3 aromatic heterocycles. The summed E-state index contributed by atoms with van der Waals surface area (Å²) >= 11 is 0. The Labute approximate surface area is 167 Å². The van der Waals surface area contributed by atoms with Crippen LogP contribution in [0.1, 0.15) is 27.6 Å². The number of aromatic nitrogens is 2. The zero-order valence-corrected chi connectivity index (χ0v) is 16.1. The van der Waals surface area contributed by atoms with E-state index in [1.807, 2.05) is 44.2 Å². The molecule has 1 amide bonds. The average molecular weight is 388 g/mol. The Bertz CT molecular complexity index is 1130. The van der Waals surface area contributed by atoms with Gasteiger partial charge in [-0.15, -0.1) is 0 Å². The van der Waals surface area contributed by atoms with Gasteiger partial charge < -0.3 is 19.5 Å². The summed E-state index contributed by atoms with van der Waals surface area (Å²) in [7, 11) is 0. The highest BCUT2D eigenvalue weighted by atomic mass is 16.3. The van der Waals surface area contributed by atoms with Crippen LogP contribution in [0.15, 0.2) is 69.8 Å². The maximum atomic E-state index is 12.4. The lowest BCUT2D eigenvalue weighted by Gasteiger charge is -2.08. The normalized spacial score (nSPS) is 10.7. The highest BCUT2D eigenvalue weighted by Gasteiger charge is 2.09. The fraction of sp³-hybridized carbons (Fsp3) is 0.136. The van der Waals surface area contributed by atoms with Crippen molar-refractivity contribution < 1.29 is 13.6 Å². The van der Waals surface area contributed by atoms with Crippen molar-refractivity contribution in [2.24, 2.45) is 0 Å². The van der Waals surface area contributed by atoms with Crippen LogP contribution >= 0.6 is 0 Å². The third kappa shape index (κ3) is 4.52. The smallest absolute Gasteiger partial charge is 0.251 e. The Hall–Kier alpha value is -3.87. The number of benzene rings is 1. The first-order valence-corrected chi connectivity index (χ1v) is 9.16. The molecule has 2 N–H and O–H groups in total. The van der Waals surface area contributed by atoms with E-state index >= 15 is 0 Å². The van der Waals surface area contributed by atoms with Crippen LogP contribution in [-0.4, -0.2) is 15.9 Å². The van der Waals surface area contributed by atoms with Gasteiger partial charge in [-0.25, -0.2) is 9.97 Å². The Morgan fingerprint density at radius 2 is 1.72 bits per heavy atom. The van der Waals surface area contributed by atoms with Crippen LogP contribution in [0.3, 0.4) is 0 Å². The summed E-state index contributed by atoms with van der Waals surface area (Å²) in [4.78, 5) is 21.0.